The first kappa shape index (κ1) is 9.25. The number of hydrogen-bond donors (Lipinski definition) is 0. The first-order valence-electron chi connectivity index (χ1n) is 4.76. The lowest BCUT2D eigenvalue weighted by Crippen LogP contribution is -2.23. The van der Waals surface area contributed by atoms with Crippen molar-refractivity contribution in [3.63, 3.8) is 0 Å². The minimum absolute atomic E-state index is 0.292. The second-order valence-electron chi connectivity index (χ2n) is 4.25. The van der Waals surface area contributed by atoms with E-state index in [1.807, 2.05) is 32.0 Å². The van der Waals surface area contributed by atoms with Gasteiger partial charge >= 0.3 is 0 Å². The highest BCUT2D eigenvalue weighted by Crippen LogP contribution is 2.37. The summed E-state index contributed by atoms with van der Waals surface area (Å²) >= 11 is 0. The number of ether oxygens (including phenoxy) is 1. The standard InChI is InChI=1S/C12H14O2/c1-12(2)10-7-9(14-3)5-4-8(10)6-11(12)13/h4-5,7H,6H2,1-3H3. The quantitative estimate of drug-likeness (QED) is 0.677. The Morgan fingerprint density at radius 2 is 2.07 bits per heavy atom. The van der Waals surface area contributed by atoms with Crippen LogP contribution in [0.4, 0.5) is 0 Å². The van der Waals surface area contributed by atoms with Crippen LogP contribution in [0.3, 0.4) is 0 Å². The molecule has 2 nitrogen and oxygen atoms in total. The van der Waals surface area contributed by atoms with Gasteiger partial charge in [0.25, 0.3) is 0 Å². The third-order valence-electron chi connectivity index (χ3n) is 3.04. The summed E-state index contributed by atoms with van der Waals surface area (Å²) in [6.07, 6.45) is 0.562. The van der Waals surface area contributed by atoms with Gasteiger partial charge in [0.2, 0.25) is 0 Å². The average Bonchev–Trinajstić information content (AvgIpc) is 2.38. The van der Waals surface area contributed by atoms with Crippen molar-refractivity contribution in [3.8, 4) is 5.75 Å². The Kier molecular flexibility index (Phi) is 1.88. The van der Waals surface area contributed by atoms with Crippen LogP contribution in [0.15, 0.2) is 18.2 Å². The minimum atomic E-state index is -0.343. The molecule has 14 heavy (non-hydrogen) atoms. The number of ketones is 1. The summed E-state index contributed by atoms with van der Waals surface area (Å²) in [5.41, 5.74) is 1.91. The molecule has 0 unspecified atom stereocenters. The van der Waals surface area contributed by atoms with Crippen LogP contribution in [0.2, 0.25) is 0 Å². The van der Waals surface area contributed by atoms with Crippen molar-refractivity contribution in [1.82, 2.24) is 0 Å². The third-order valence-corrected chi connectivity index (χ3v) is 3.04. The predicted molar refractivity (Wildman–Crippen MR) is 54.7 cm³/mol. The second kappa shape index (κ2) is 2.84. The molecule has 2 heteroatoms. The monoisotopic (exact) mass is 190 g/mol. The van der Waals surface area contributed by atoms with Crippen molar-refractivity contribution in [2.24, 2.45) is 0 Å². The molecular formula is C12H14O2. The highest BCUT2D eigenvalue weighted by Gasteiger charge is 2.37. The van der Waals surface area contributed by atoms with Crippen molar-refractivity contribution >= 4 is 5.78 Å². The minimum Gasteiger partial charge on any atom is -0.497 e. The Balaban J connectivity index is 2.56. The van der Waals surface area contributed by atoms with Crippen molar-refractivity contribution in [3.05, 3.63) is 29.3 Å². The summed E-state index contributed by atoms with van der Waals surface area (Å²) in [6, 6.07) is 5.87. The van der Waals surface area contributed by atoms with Crippen LogP contribution < -0.4 is 4.74 Å². The number of carbonyl (C=O) groups excluding carboxylic acids is 1. The summed E-state index contributed by atoms with van der Waals surface area (Å²) < 4.78 is 5.16. The average molecular weight is 190 g/mol. The van der Waals surface area contributed by atoms with E-state index in [1.54, 1.807) is 7.11 Å². The maximum Gasteiger partial charge on any atom is 0.147 e. The topological polar surface area (TPSA) is 26.3 Å². The van der Waals surface area contributed by atoms with Crippen molar-refractivity contribution in [2.45, 2.75) is 25.7 Å². The van der Waals surface area contributed by atoms with Gasteiger partial charge in [-0.15, -0.1) is 0 Å². The van der Waals surface area contributed by atoms with E-state index in [1.165, 1.54) is 0 Å². The van der Waals surface area contributed by atoms with Crippen LogP contribution in [0.25, 0.3) is 0 Å². The Morgan fingerprint density at radius 1 is 1.36 bits per heavy atom. The van der Waals surface area contributed by atoms with Gasteiger partial charge in [-0.05, 0) is 37.1 Å². The molecule has 1 aromatic rings. The van der Waals surface area contributed by atoms with E-state index in [4.69, 9.17) is 4.74 Å². The molecule has 1 aliphatic carbocycles. The number of Topliss-reactive ketones (excluding diaryl/α,β-unsaturated/α-hetero) is 1. The molecule has 0 heterocycles. The van der Waals surface area contributed by atoms with Crippen molar-refractivity contribution < 1.29 is 9.53 Å². The molecule has 0 saturated carbocycles. The highest BCUT2D eigenvalue weighted by atomic mass is 16.5. The molecule has 1 aromatic carbocycles. The molecule has 0 fully saturated rings. The Hall–Kier alpha value is -1.31. The van der Waals surface area contributed by atoms with Crippen LogP contribution in [0, 0.1) is 0 Å². The van der Waals surface area contributed by atoms with E-state index in [0.717, 1.165) is 16.9 Å². The van der Waals surface area contributed by atoms with E-state index < -0.39 is 0 Å². The summed E-state index contributed by atoms with van der Waals surface area (Å²) in [5, 5.41) is 0. The number of benzene rings is 1. The fourth-order valence-corrected chi connectivity index (χ4v) is 1.96. The number of hydrogen-bond acceptors (Lipinski definition) is 2. The first-order chi connectivity index (χ1) is 6.55. The van der Waals surface area contributed by atoms with Gasteiger partial charge < -0.3 is 4.74 Å². The molecule has 0 aromatic heterocycles. The predicted octanol–water partition coefficient (Wildman–Crippen LogP) is 2.10. The molecule has 0 bridgehead atoms. The van der Waals surface area contributed by atoms with E-state index in [2.05, 4.69) is 0 Å². The second-order valence-corrected chi connectivity index (χ2v) is 4.25. The van der Waals surface area contributed by atoms with Crippen molar-refractivity contribution in [1.29, 1.82) is 0 Å². The molecule has 0 atom stereocenters. The highest BCUT2D eigenvalue weighted by molar-refractivity contribution is 5.95. The van der Waals surface area contributed by atoms with E-state index in [9.17, 15) is 4.79 Å². The molecule has 0 aliphatic heterocycles. The van der Waals surface area contributed by atoms with E-state index in [-0.39, 0.29) is 5.41 Å². The van der Waals surface area contributed by atoms with E-state index >= 15 is 0 Å². The zero-order chi connectivity index (χ0) is 10.3. The van der Waals surface area contributed by atoms with Crippen LogP contribution in [-0.2, 0) is 16.6 Å². The normalized spacial score (nSPS) is 18.1. The van der Waals surface area contributed by atoms with E-state index in [0.29, 0.717) is 12.2 Å². The van der Waals surface area contributed by atoms with Gasteiger partial charge in [-0.2, -0.15) is 0 Å². The van der Waals surface area contributed by atoms with Crippen LogP contribution in [0.1, 0.15) is 25.0 Å². The van der Waals surface area contributed by atoms with Gasteiger partial charge in [0.1, 0.15) is 11.5 Å². The SMILES string of the molecule is COc1ccc2c(c1)C(C)(C)C(=O)C2. The summed E-state index contributed by atoms with van der Waals surface area (Å²) in [4.78, 5) is 11.7. The van der Waals surface area contributed by atoms with Gasteiger partial charge in [-0.1, -0.05) is 6.07 Å². The molecule has 0 spiro atoms. The maximum absolute atomic E-state index is 11.7. The summed E-state index contributed by atoms with van der Waals surface area (Å²) in [5.74, 6) is 1.12. The largest absolute Gasteiger partial charge is 0.497 e. The smallest absolute Gasteiger partial charge is 0.147 e. The third kappa shape index (κ3) is 1.14. The van der Waals surface area contributed by atoms with Crippen LogP contribution in [-0.4, -0.2) is 12.9 Å². The lowest BCUT2D eigenvalue weighted by molar-refractivity contribution is -0.121. The van der Waals surface area contributed by atoms with Crippen LogP contribution >= 0.6 is 0 Å². The molecule has 0 saturated heterocycles. The molecule has 0 radical (unpaired) electrons. The van der Waals surface area contributed by atoms with Gasteiger partial charge in [0, 0.05) is 11.8 Å². The van der Waals surface area contributed by atoms with Crippen LogP contribution in [0.5, 0.6) is 5.75 Å². The zero-order valence-corrected chi connectivity index (χ0v) is 8.76. The first-order valence-corrected chi connectivity index (χ1v) is 4.76. The lowest BCUT2D eigenvalue weighted by atomic mass is 9.86. The van der Waals surface area contributed by atoms with Gasteiger partial charge in [0.15, 0.2) is 0 Å². The molecular weight excluding hydrogens is 176 g/mol. The lowest BCUT2D eigenvalue weighted by Gasteiger charge is -2.17. The van der Waals surface area contributed by atoms with Gasteiger partial charge in [0.05, 0.1) is 7.11 Å². The van der Waals surface area contributed by atoms with Gasteiger partial charge in [-0.3, -0.25) is 4.79 Å². The molecule has 74 valence electrons. The Labute approximate surface area is 83.9 Å². The number of fused-ring (bicyclic) bond motifs is 1. The Morgan fingerprint density at radius 3 is 2.71 bits per heavy atom. The zero-order valence-electron chi connectivity index (χ0n) is 8.76. The molecule has 0 amide bonds. The molecule has 1 aliphatic rings. The fourth-order valence-electron chi connectivity index (χ4n) is 1.96. The number of methoxy groups -OCH3 is 1. The van der Waals surface area contributed by atoms with Gasteiger partial charge in [-0.25, -0.2) is 0 Å². The maximum atomic E-state index is 11.7. The van der Waals surface area contributed by atoms with Crippen molar-refractivity contribution in [2.75, 3.05) is 7.11 Å². The summed E-state index contributed by atoms with van der Waals surface area (Å²) in [6.45, 7) is 3.95. The molecule has 0 N–H and O–H groups in total. The number of rotatable bonds is 1. The Bertz CT molecular complexity index is 391. The number of carbonyl (C=O) groups is 1. The summed E-state index contributed by atoms with van der Waals surface area (Å²) in [7, 11) is 1.64. The fraction of sp³-hybridized carbons (Fsp3) is 0.417. The molecule has 2 rings (SSSR count).